The molecule has 15 heavy (non-hydrogen) atoms. The second kappa shape index (κ2) is 4.31. The average molecular weight is 210 g/mol. The van der Waals surface area contributed by atoms with Crippen molar-refractivity contribution in [3.63, 3.8) is 0 Å². The summed E-state index contributed by atoms with van der Waals surface area (Å²) >= 11 is 0. The summed E-state index contributed by atoms with van der Waals surface area (Å²) in [5, 5.41) is 9.92. The second-order valence-electron chi connectivity index (χ2n) is 5.31. The van der Waals surface area contributed by atoms with E-state index in [9.17, 15) is 9.50 Å². The highest BCUT2D eigenvalue weighted by atomic mass is 19.1. The zero-order valence-electron chi connectivity index (χ0n) is 9.84. The van der Waals surface area contributed by atoms with Crippen LogP contribution in [-0.2, 0) is 0 Å². The van der Waals surface area contributed by atoms with Gasteiger partial charge < -0.3 is 5.11 Å². The summed E-state index contributed by atoms with van der Waals surface area (Å²) in [5.74, 6) is -0.322. The van der Waals surface area contributed by atoms with Crippen molar-refractivity contribution in [1.82, 2.24) is 0 Å². The van der Waals surface area contributed by atoms with Crippen molar-refractivity contribution in [3.05, 3.63) is 35.1 Å². The Morgan fingerprint density at radius 3 is 2.47 bits per heavy atom. The molecule has 0 saturated carbocycles. The summed E-state index contributed by atoms with van der Waals surface area (Å²) in [7, 11) is 0. The van der Waals surface area contributed by atoms with E-state index in [-0.39, 0.29) is 11.2 Å². The highest BCUT2D eigenvalue weighted by Crippen LogP contribution is 2.30. The van der Waals surface area contributed by atoms with Gasteiger partial charge in [0.15, 0.2) is 0 Å². The summed E-state index contributed by atoms with van der Waals surface area (Å²) in [4.78, 5) is 0. The summed E-state index contributed by atoms with van der Waals surface area (Å²) in [6.07, 6.45) is -0.155. The van der Waals surface area contributed by atoms with Crippen LogP contribution < -0.4 is 0 Å². The third-order valence-corrected chi connectivity index (χ3v) is 2.32. The number of aryl methyl sites for hydroxylation is 1. The molecule has 0 fully saturated rings. The molecule has 0 spiro atoms. The van der Waals surface area contributed by atoms with Crippen LogP contribution in [0.3, 0.4) is 0 Å². The van der Waals surface area contributed by atoms with Crippen molar-refractivity contribution >= 4 is 0 Å². The largest absolute Gasteiger partial charge is 0.388 e. The monoisotopic (exact) mass is 210 g/mol. The van der Waals surface area contributed by atoms with Crippen molar-refractivity contribution in [1.29, 1.82) is 0 Å². The molecule has 0 saturated heterocycles. The molecule has 0 aliphatic carbocycles. The molecule has 1 N–H and O–H groups in total. The Kier molecular flexibility index (Phi) is 3.50. The van der Waals surface area contributed by atoms with E-state index in [0.717, 1.165) is 5.56 Å². The maximum Gasteiger partial charge on any atom is 0.129 e. The van der Waals surface area contributed by atoms with Gasteiger partial charge in [0.05, 0.1) is 6.10 Å². The fourth-order valence-corrected chi connectivity index (χ4v) is 1.61. The van der Waals surface area contributed by atoms with Crippen LogP contribution in [0.1, 0.15) is 44.4 Å². The second-order valence-corrected chi connectivity index (χ2v) is 5.31. The van der Waals surface area contributed by atoms with Gasteiger partial charge in [-0.1, -0.05) is 38.5 Å². The molecule has 1 aromatic rings. The van der Waals surface area contributed by atoms with Gasteiger partial charge in [0.25, 0.3) is 0 Å². The van der Waals surface area contributed by atoms with Crippen molar-refractivity contribution in [2.75, 3.05) is 0 Å². The average Bonchev–Trinajstić information content (AvgIpc) is 2.06. The smallest absolute Gasteiger partial charge is 0.129 e. The van der Waals surface area contributed by atoms with Crippen LogP contribution in [0.5, 0.6) is 0 Å². The van der Waals surface area contributed by atoms with Crippen LogP contribution in [-0.4, -0.2) is 5.11 Å². The van der Waals surface area contributed by atoms with Gasteiger partial charge in [-0.15, -0.1) is 0 Å². The lowest BCUT2D eigenvalue weighted by Crippen LogP contribution is -2.12. The third-order valence-electron chi connectivity index (χ3n) is 2.32. The van der Waals surface area contributed by atoms with Crippen LogP contribution in [0.4, 0.5) is 4.39 Å². The first kappa shape index (κ1) is 12.2. The molecule has 1 nitrogen and oxygen atoms in total. The fraction of sp³-hybridized carbons (Fsp3) is 0.538. The minimum atomic E-state index is -0.718. The number of hydrogen-bond acceptors (Lipinski definition) is 1. The maximum absolute atomic E-state index is 13.4. The van der Waals surface area contributed by atoms with Crippen LogP contribution in [0.15, 0.2) is 18.2 Å². The SMILES string of the molecule is Cc1ccc(F)c(C(O)CC(C)(C)C)c1. The van der Waals surface area contributed by atoms with Crippen LogP contribution >= 0.6 is 0 Å². The molecule has 0 aliphatic rings. The Morgan fingerprint density at radius 1 is 1.33 bits per heavy atom. The van der Waals surface area contributed by atoms with E-state index in [1.165, 1.54) is 6.07 Å². The standard InChI is InChI=1S/C13H19FO/c1-9-5-6-11(14)10(7-9)12(15)8-13(2,3)4/h5-7,12,15H,8H2,1-4H3. The minimum absolute atomic E-state index is 0.00436. The number of halogens is 1. The van der Waals surface area contributed by atoms with E-state index >= 15 is 0 Å². The number of hydrogen-bond donors (Lipinski definition) is 1. The summed E-state index contributed by atoms with van der Waals surface area (Å²) in [6.45, 7) is 7.99. The topological polar surface area (TPSA) is 20.2 Å². The zero-order valence-corrected chi connectivity index (χ0v) is 9.84. The van der Waals surface area contributed by atoms with Gasteiger partial charge >= 0.3 is 0 Å². The van der Waals surface area contributed by atoms with Crippen LogP contribution in [0.25, 0.3) is 0 Å². The lowest BCUT2D eigenvalue weighted by molar-refractivity contribution is 0.119. The predicted octanol–water partition coefficient (Wildman–Crippen LogP) is 3.60. The van der Waals surface area contributed by atoms with Gasteiger partial charge in [-0.25, -0.2) is 4.39 Å². The molecule has 0 bridgehead atoms. The van der Waals surface area contributed by atoms with Gasteiger partial charge in [0.2, 0.25) is 0 Å². The maximum atomic E-state index is 13.4. The molecule has 1 rings (SSSR count). The van der Waals surface area contributed by atoms with Crippen molar-refractivity contribution in [2.24, 2.45) is 5.41 Å². The number of aliphatic hydroxyl groups is 1. The Hall–Kier alpha value is -0.890. The Morgan fingerprint density at radius 2 is 1.93 bits per heavy atom. The molecule has 0 radical (unpaired) electrons. The molecule has 2 heteroatoms. The summed E-state index contributed by atoms with van der Waals surface area (Å²) in [6, 6.07) is 4.84. The Bertz CT molecular complexity index is 339. The molecule has 0 aliphatic heterocycles. The summed E-state index contributed by atoms with van der Waals surface area (Å²) in [5.41, 5.74) is 1.37. The van der Waals surface area contributed by atoms with Crippen LogP contribution in [0, 0.1) is 18.2 Å². The van der Waals surface area contributed by atoms with Gasteiger partial charge in [-0.3, -0.25) is 0 Å². The van der Waals surface area contributed by atoms with E-state index in [1.54, 1.807) is 12.1 Å². The van der Waals surface area contributed by atoms with Crippen molar-refractivity contribution < 1.29 is 9.50 Å². The number of benzene rings is 1. The third kappa shape index (κ3) is 3.63. The molecule has 0 aromatic heterocycles. The van der Waals surface area contributed by atoms with Gasteiger partial charge in [0, 0.05) is 5.56 Å². The molecular formula is C13H19FO. The molecule has 84 valence electrons. The Balaban J connectivity index is 2.90. The molecular weight excluding hydrogens is 191 g/mol. The van der Waals surface area contributed by atoms with Crippen molar-refractivity contribution in [3.8, 4) is 0 Å². The van der Waals surface area contributed by atoms with Gasteiger partial charge in [0.1, 0.15) is 5.82 Å². The number of aliphatic hydroxyl groups excluding tert-OH is 1. The first-order valence-electron chi connectivity index (χ1n) is 5.24. The first-order valence-corrected chi connectivity index (χ1v) is 5.24. The predicted molar refractivity (Wildman–Crippen MR) is 60.2 cm³/mol. The lowest BCUT2D eigenvalue weighted by atomic mass is 9.86. The molecule has 1 atom stereocenters. The van der Waals surface area contributed by atoms with E-state index in [2.05, 4.69) is 0 Å². The molecule has 0 heterocycles. The quantitative estimate of drug-likeness (QED) is 0.790. The van der Waals surface area contributed by atoms with Crippen molar-refractivity contribution in [2.45, 2.75) is 40.2 Å². The number of rotatable bonds is 2. The van der Waals surface area contributed by atoms with E-state index < -0.39 is 6.10 Å². The highest BCUT2D eigenvalue weighted by Gasteiger charge is 2.20. The molecule has 1 aromatic carbocycles. The lowest BCUT2D eigenvalue weighted by Gasteiger charge is -2.23. The Labute approximate surface area is 90.9 Å². The summed E-state index contributed by atoms with van der Waals surface area (Å²) < 4.78 is 13.4. The molecule has 1 unspecified atom stereocenters. The zero-order chi connectivity index (χ0) is 11.6. The normalized spacial score (nSPS) is 14.0. The van der Waals surface area contributed by atoms with E-state index in [0.29, 0.717) is 12.0 Å². The molecule has 0 amide bonds. The van der Waals surface area contributed by atoms with E-state index in [4.69, 9.17) is 0 Å². The fourth-order valence-electron chi connectivity index (χ4n) is 1.61. The highest BCUT2D eigenvalue weighted by molar-refractivity contribution is 5.26. The van der Waals surface area contributed by atoms with Crippen LogP contribution in [0.2, 0.25) is 0 Å². The van der Waals surface area contributed by atoms with E-state index in [1.807, 2.05) is 27.7 Å². The van der Waals surface area contributed by atoms with Gasteiger partial charge in [-0.05, 0) is 24.8 Å². The van der Waals surface area contributed by atoms with Gasteiger partial charge in [-0.2, -0.15) is 0 Å². The minimum Gasteiger partial charge on any atom is -0.388 e. The first-order chi connectivity index (χ1) is 6.79.